The number of hydrogen-bond donors (Lipinski definition) is 1. The van der Waals surface area contributed by atoms with Gasteiger partial charge < -0.3 is 10.2 Å². The van der Waals surface area contributed by atoms with E-state index in [9.17, 15) is 4.79 Å². The van der Waals surface area contributed by atoms with Crippen LogP contribution in [0, 0.1) is 6.92 Å². The summed E-state index contributed by atoms with van der Waals surface area (Å²) < 4.78 is 0. The third kappa shape index (κ3) is 3.81. The summed E-state index contributed by atoms with van der Waals surface area (Å²) in [6.45, 7) is 9.07. The van der Waals surface area contributed by atoms with Crippen molar-refractivity contribution in [1.29, 1.82) is 0 Å². The van der Waals surface area contributed by atoms with Crippen LogP contribution >= 0.6 is 0 Å². The van der Waals surface area contributed by atoms with Crippen LogP contribution in [0.15, 0.2) is 36.7 Å². The largest absolute Gasteiger partial charge is 0.322 e. The lowest BCUT2D eigenvalue weighted by Crippen LogP contribution is -2.34. The van der Waals surface area contributed by atoms with E-state index in [1.165, 1.54) is 11.1 Å². The molecule has 1 atom stereocenters. The van der Waals surface area contributed by atoms with Crippen LogP contribution in [0.3, 0.4) is 0 Å². The number of nitrogens with zero attached hydrogens (tertiary/aromatic N) is 3. The van der Waals surface area contributed by atoms with Crippen LogP contribution in [0.5, 0.6) is 0 Å². The number of rotatable bonds is 2. The van der Waals surface area contributed by atoms with Crippen LogP contribution in [0.25, 0.3) is 0 Å². The summed E-state index contributed by atoms with van der Waals surface area (Å²) >= 11 is 0. The number of hydrogen-bond acceptors (Lipinski definition) is 3. The predicted molar refractivity (Wildman–Crippen MR) is 99.6 cm³/mol. The van der Waals surface area contributed by atoms with E-state index >= 15 is 0 Å². The first-order valence-corrected chi connectivity index (χ1v) is 8.82. The van der Waals surface area contributed by atoms with Crippen molar-refractivity contribution in [2.24, 2.45) is 0 Å². The van der Waals surface area contributed by atoms with Crippen LogP contribution in [0.1, 0.15) is 56.6 Å². The Labute approximate surface area is 149 Å². The standard InChI is InChI=1S/C20H26N4O/c1-14-8-5-6-9-16(14)17-10-7-11-24(17)19(25)23-15-12-21-18(22-13-15)20(2,3)4/h5-6,8-9,12-13,17H,7,10-11H2,1-4H3,(H,23,25)/t17-/m1/s1. The lowest BCUT2D eigenvalue weighted by molar-refractivity contribution is 0.207. The molecule has 5 heteroatoms. The molecule has 132 valence electrons. The maximum atomic E-state index is 12.8. The average molecular weight is 338 g/mol. The highest BCUT2D eigenvalue weighted by Crippen LogP contribution is 2.34. The minimum atomic E-state index is -0.104. The molecule has 0 spiro atoms. The molecule has 0 unspecified atom stereocenters. The third-order valence-electron chi connectivity index (χ3n) is 4.64. The fraction of sp³-hybridized carbons (Fsp3) is 0.450. The monoisotopic (exact) mass is 338 g/mol. The van der Waals surface area contributed by atoms with Crippen LogP contribution in [-0.2, 0) is 5.41 Å². The van der Waals surface area contributed by atoms with Crippen molar-refractivity contribution in [2.75, 3.05) is 11.9 Å². The number of likely N-dealkylation sites (tertiary alicyclic amines) is 1. The zero-order valence-electron chi connectivity index (χ0n) is 15.4. The number of carbonyl (C=O) groups is 1. The molecular formula is C20H26N4O. The Kier molecular flexibility index (Phi) is 4.75. The fourth-order valence-corrected chi connectivity index (χ4v) is 3.27. The second-order valence-electron chi connectivity index (χ2n) is 7.68. The van der Waals surface area contributed by atoms with Gasteiger partial charge in [-0.1, -0.05) is 45.0 Å². The van der Waals surface area contributed by atoms with Gasteiger partial charge in [-0.15, -0.1) is 0 Å². The second-order valence-corrected chi connectivity index (χ2v) is 7.68. The van der Waals surface area contributed by atoms with E-state index in [4.69, 9.17) is 0 Å². The molecule has 0 saturated carbocycles. The Bertz CT molecular complexity index is 749. The molecular weight excluding hydrogens is 312 g/mol. The van der Waals surface area contributed by atoms with Gasteiger partial charge >= 0.3 is 6.03 Å². The number of benzene rings is 1. The number of anilines is 1. The Morgan fingerprint density at radius 2 is 1.88 bits per heavy atom. The van der Waals surface area contributed by atoms with Gasteiger partial charge in [0, 0.05) is 12.0 Å². The van der Waals surface area contributed by atoms with Crippen molar-refractivity contribution in [3.63, 3.8) is 0 Å². The molecule has 2 aromatic rings. The molecule has 2 amide bonds. The number of aromatic nitrogens is 2. The van der Waals surface area contributed by atoms with E-state index in [-0.39, 0.29) is 17.5 Å². The molecule has 1 aromatic heterocycles. The molecule has 1 saturated heterocycles. The Morgan fingerprint density at radius 1 is 1.20 bits per heavy atom. The number of nitrogens with one attached hydrogen (secondary N) is 1. The van der Waals surface area contributed by atoms with Gasteiger partial charge in [-0.05, 0) is 30.9 Å². The van der Waals surface area contributed by atoms with Crippen LogP contribution in [0.4, 0.5) is 10.5 Å². The molecule has 0 bridgehead atoms. The Morgan fingerprint density at radius 3 is 2.52 bits per heavy atom. The summed E-state index contributed by atoms with van der Waals surface area (Å²) in [6, 6.07) is 8.34. The van der Waals surface area contributed by atoms with Crippen molar-refractivity contribution >= 4 is 11.7 Å². The molecule has 1 fully saturated rings. The molecule has 5 nitrogen and oxygen atoms in total. The first-order chi connectivity index (χ1) is 11.9. The second kappa shape index (κ2) is 6.82. The summed E-state index contributed by atoms with van der Waals surface area (Å²) in [4.78, 5) is 23.4. The van der Waals surface area contributed by atoms with Crippen LogP contribution in [-0.4, -0.2) is 27.4 Å². The lowest BCUT2D eigenvalue weighted by Gasteiger charge is -2.26. The predicted octanol–water partition coefficient (Wildman–Crippen LogP) is 4.45. The van der Waals surface area contributed by atoms with Gasteiger partial charge in [-0.2, -0.15) is 0 Å². The molecule has 2 heterocycles. The maximum absolute atomic E-state index is 12.8. The zero-order valence-corrected chi connectivity index (χ0v) is 15.4. The highest BCUT2D eigenvalue weighted by Gasteiger charge is 2.30. The van der Waals surface area contributed by atoms with E-state index in [0.717, 1.165) is 25.2 Å². The minimum absolute atomic E-state index is 0.0853. The number of urea groups is 1. The summed E-state index contributed by atoms with van der Waals surface area (Å²) in [5.74, 6) is 0.768. The van der Waals surface area contributed by atoms with Crippen LogP contribution < -0.4 is 5.32 Å². The highest BCUT2D eigenvalue weighted by molar-refractivity contribution is 5.89. The van der Waals surface area contributed by atoms with Gasteiger partial charge in [0.1, 0.15) is 5.82 Å². The first-order valence-electron chi connectivity index (χ1n) is 8.82. The fourth-order valence-electron chi connectivity index (χ4n) is 3.27. The molecule has 0 aliphatic carbocycles. The van der Waals surface area contributed by atoms with Crippen molar-refractivity contribution in [3.05, 3.63) is 53.6 Å². The summed E-state index contributed by atoms with van der Waals surface area (Å²) in [5, 5.41) is 2.94. The molecule has 3 rings (SSSR count). The van der Waals surface area contributed by atoms with E-state index < -0.39 is 0 Å². The maximum Gasteiger partial charge on any atom is 0.322 e. The van der Waals surface area contributed by atoms with Crippen molar-refractivity contribution in [3.8, 4) is 0 Å². The Hall–Kier alpha value is -2.43. The minimum Gasteiger partial charge on any atom is -0.317 e. The van der Waals surface area contributed by atoms with Gasteiger partial charge in [-0.25, -0.2) is 14.8 Å². The molecule has 1 aromatic carbocycles. The molecule has 1 N–H and O–H groups in total. The van der Waals surface area contributed by atoms with Gasteiger partial charge in [0.2, 0.25) is 0 Å². The quantitative estimate of drug-likeness (QED) is 0.880. The SMILES string of the molecule is Cc1ccccc1[C@H]1CCCN1C(=O)Nc1cnc(C(C)(C)C)nc1. The highest BCUT2D eigenvalue weighted by atomic mass is 16.2. The van der Waals surface area contributed by atoms with Crippen molar-refractivity contribution < 1.29 is 4.79 Å². The van der Waals surface area contributed by atoms with Crippen LogP contribution in [0.2, 0.25) is 0 Å². The number of aryl methyl sites for hydroxylation is 1. The normalized spacial score (nSPS) is 17.6. The van der Waals surface area contributed by atoms with E-state index in [0.29, 0.717) is 5.69 Å². The van der Waals surface area contributed by atoms with Crippen molar-refractivity contribution in [2.45, 2.75) is 52.0 Å². The molecule has 0 radical (unpaired) electrons. The van der Waals surface area contributed by atoms with Gasteiger partial charge in [0.25, 0.3) is 0 Å². The van der Waals surface area contributed by atoms with Crippen molar-refractivity contribution in [1.82, 2.24) is 14.9 Å². The molecule has 1 aliphatic rings. The zero-order chi connectivity index (χ0) is 18.0. The van der Waals surface area contributed by atoms with Gasteiger partial charge in [0.05, 0.1) is 24.1 Å². The smallest absolute Gasteiger partial charge is 0.317 e. The average Bonchev–Trinajstić information content (AvgIpc) is 3.04. The van der Waals surface area contributed by atoms with E-state index in [1.807, 2.05) is 17.0 Å². The van der Waals surface area contributed by atoms with Gasteiger partial charge in [-0.3, -0.25) is 0 Å². The van der Waals surface area contributed by atoms with E-state index in [1.54, 1.807) is 12.4 Å². The number of amides is 2. The first kappa shape index (κ1) is 17.4. The lowest BCUT2D eigenvalue weighted by atomic mass is 9.96. The third-order valence-corrected chi connectivity index (χ3v) is 4.64. The Balaban J connectivity index is 1.73. The number of carbonyl (C=O) groups excluding carboxylic acids is 1. The molecule has 25 heavy (non-hydrogen) atoms. The molecule has 1 aliphatic heterocycles. The summed E-state index contributed by atoms with van der Waals surface area (Å²) in [7, 11) is 0. The summed E-state index contributed by atoms with van der Waals surface area (Å²) in [5.41, 5.74) is 2.99. The summed E-state index contributed by atoms with van der Waals surface area (Å²) in [6.07, 6.45) is 5.39. The van der Waals surface area contributed by atoms with E-state index in [2.05, 4.69) is 55.1 Å². The topological polar surface area (TPSA) is 58.1 Å². The van der Waals surface area contributed by atoms with Gasteiger partial charge in [0.15, 0.2) is 0 Å².